The topological polar surface area (TPSA) is 95.7 Å². The number of hydrogen-bond donors (Lipinski definition) is 2. The summed E-state index contributed by atoms with van der Waals surface area (Å²) >= 11 is 0. The number of piperidine rings is 1. The van der Waals surface area contributed by atoms with Gasteiger partial charge in [0.2, 0.25) is 5.91 Å². The molecule has 0 aromatic carbocycles. The number of hydrogen-bond acceptors (Lipinski definition) is 5. The smallest absolute Gasteiger partial charge is 0.273 e. The average molecular weight is 349 g/mol. The van der Waals surface area contributed by atoms with Crippen molar-refractivity contribution in [3.63, 3.8) is 0 Å². The van der Waals surface area contributed by atoms with Crippen LogP contribution in [0, 0.1) is 12.8 Å². The van der Waals surface area contributed by atoms with Crippen LogP contribution in [0.3, 0.4) is 0 Å². The number of nitrogens with one attached hydrogen (secondary N) is 1. The summed E-state index contributed by atoms with van der Waals surface area (Å²) < 4.78 is 4.89. The molecule has 0 radical (unpaired) electrons. The third kappa shape index (κ3) is 4.60. The van der Waals surface area contributed by atoms with Crippen LogP contribution in [0.25, 0.3) is 0 Å². The second-order valence-corrected chi connectivity index (χ2v) is 7.29. The van der Waals surface area contributed by atoms with E-state index < -0.39 is 6.10 Å². The number of nitrogens with zero attached hydrogens (tertiary/aromatic N) is 2. The van der Waals surface area contributed by atoms with E-state index in [0.29, 0.717) is 31.1 Å². The first-order valence-electron chi connectivity index (χ1n) is 9.23. The molecule has 1 saturated heterocycles. The fourth-order valence-electron chi connectivity index (χ4n) is 3.83. The standard InChI is InChI=1S/C18H27N3O4/c1-12-10-15(20-25-12)18(24)19-14-8-9-21(11-16(14)22)17(23)7-6-13-4-2-3-5-13/h10,13-14,16,22H,2-9,11H2,1H3,(H,19,24)/t14-,16-/m1/s1. The maximum Gasteiger partial charge on any atom is 0.273 e. The highest BCUT2D eigenvalue weighted by molar-refractivity contribution is 5.92. The van der Waals surface area contributed by atoms with E-state index in [1.165, 1.54) is 25.7 Å². The number of carbonyl (C=O) groups is 2. The molecule has 2 fully saturated rings. The Balaban J connectivity index is 1.45. The van der Waals surface area contributed by atoms with Crippen LogP contribution in [0.4, 0.5) is 0 Å². The van der Waals surface area contributed by atoms with Gasteiger partial charge in [0, 0.05) is 25.6 Å². The Bertz CT molecular complexity index is 609. The third-order valence-electron chi connectivity index (χ3n) is 5.35. The average Bonchev–Trinajstić information content (AvgIpc) is 3.26. The van der Waals surface area contributed by atoms with Crippen LogP contribution >= 0.6 is 0 Å². The lowest BCUT2D eigenvalue weighted by molar-refractivity contribution is -0.135. The highest BCUT2D eigenvalue weighted by atomic mass is 16.5. The summed E-state index contributed by atoms with van der Waals surface area (Å²) in [5, 5.41) is 16.8. The third-order valence-corrected chi connectivity index (χ3v) is 5.35. The lowest BCUT2D eigenvalue weighted by Crippen LogP contribution is -2.55. The van der Waals surface area contributed by atoms with Crippen molar-refractivity contribution in [2.24, 2.45) is 5.92 Å². The zero-order valence-corrected chi connectivity index (χ0v) is 14.7. The zero-order chi connectivity index (χ0) is 17.8. The van der Waals surface area contributed by atoms with Crippen molar-refractivity contribution in [1.82, 2.24) is 15.4 Å². The van der Waals surface area contributed by atoms with E-state index in [1.807, 2.05) is 0 Å². The number of carbonyl (C=O) groups excluding carboxylic acids is 2. The first-order chi connectivity index (χ1) is 12.0. The minimum absolute atomic E-state index is 0.114. The maximum atomic E-state index is 12.4. The number of aliphatic hydroxyl groups excluding tert-OH is 1. The highest BCUT2D eigenvalue weighted by Gasteiger charge is 2.32. The Morgan fingerprint density at radius 3 is 2.76 bits per heavy atom. The van der Waals surface area contributed by atoms with Crippen LogP contribution in [0.5, 0.6) is 0 Å². The summed E-state index contributed by atoms with van der Waals surface area (Å²) in [6, 6.07) is 1.19. The fraction of sp³-hybridized carbons (Fsp3) is 0.722. The normalized spacial score (nSPS) is 24.5. The lowest BCUT2D eigenvalue weighted by Gasteiger charge is -2.36. The molecule has 1 saturated carbocycles. The maximum absolute atomic E-state index is 12.4. The van der Waals surface area contributed by atoms with E-state index in [4.69, 9.17) is 4.52 Å². The van der Waals surface area contributed by atoms with Crippen LogP contribution in [0.2, 0.25) is 0 Å². The van der Waals surface area contributed by atoms with Crippen molar-refractivity contribution in [2.45, 2.75) is 64.0 Å². The number of β-amino-alcohol motifs (C(OH)–C–C–N with tert-alkyl or cyclic N) is 1. The van der Waals surface area contributed by atoms with Crippen molar-refractivity contribution in [2.75, 3.05) is 13.1 Å². The van der Waals surface area contributed by atoms with Crippen molar-refractivity contribution >= 4 is 11.8 Å². The lowest BCUT2D eigenvalue weighted by atomic mass is 9.99. The molecule has 2 N–H and O–H groups in total. The van der Waals surface area contributed by atoms with Crippen LogP contribution in [-0.4, -0.2) is 52.2 Å². The highest BCUT2D eigenvalue weighted by Crippen LogP contribution is 2.29. The van der Waals surface area contributed by atoms with Gasteiger partial charge in [-0.3, -0.25) is 9.59 Å². The summed E-state index contributed by atoms with van der Waals surface area (Å²) in [4.78, 5) is 26.2. The predicted molar refractivity (Wildman–Crippen MR) is 90.9 cm³/mol. The Kier molecular flexibility index (Phi) is 5.73. The van der Waals surface area contributed by atoms with Crippen LogP contribution in [0.15, 0.2) is 10.6 Å². The van der Waals surface area contributed by atoms with E-state index in [2.05, 4.69) is 10.5 Å². The molecular weight excluding hydrogens is 322 g/mol. The van der Waals surface area contributed by atoms with Gasteiger partial charge in [0.05, 0.1) is 12.1 Å². The van der Waals surface area contributed by atoms with Crippen molar-refractivity contribution < 1.29 is 19.2 Å². The molecule has 1 aromatic rings. The minimum atomic E-state index is -0.763. The van der Waals surface area contributed by atoms with Gasteiger partial charge in [-0.1, -0.05) is 30.8 Å². The molecule has 25 heavy (non-hydrogen) atoms. The van der Waals surface area contributed by atoms with E-state index in [0.717, 1.165) is 6.42 Å². The Hall–Kier alpha value is -1.89. The molecule has 7 heteroatoms. The first kappa shape index (κ1) is 17.9. The molecule has 1 aliphatic carbocycles. The largest absolute Gasteiger partial charge is 0.389 e. The van der Waals surface area contributed by atoms with Gasteiger partial charge in [-0.05, 0) is 25.7 Å². The molecule has 0 bridgehead atoms. The number of aryl methyl sites for hydroxylation is 1. The van der Waals surface area contributed by atoms with E-state index in [9.17, 15) is 14.7 Å². The predicted octanol–water partition coefficient (Wildman–Crippen LogP) is 1.65. The second-order valence-electron chi connectivity index (χ2n) is 7.29. The molecule has 2 aliphatic rings. The second kappa shape index (κ2) is 7.99. The van der Waals surface area contributed by atoms with Gasteiger partial charge in [-0.15, -0.1) is 0 Å². The molecule has 0 spiro atoms. The van der Waals surface area contributed by atoms with Gasteiger partial charge in [0.1, 0.15) is 5.76 Å². The van der Waals surface area contributed by atoms with Gasteiger partial charge in [0.15, 0.2) is 5.69 Å². The van der Waals surface area contributed by atoms with Gasteiger partial charge in [-0.2, -0.15) is 0 Å². The SMILES string of the molecule is Cc1cc(C(=O)N[C@@H]2CCN(C(=O)CCC3CCCC3)C[C@H]2O)no1. The summed E-state index contributed by atoms with van der Waals surface area (Å²) in [7, 11) is 0. The molecule has 3 rings (SSSR count). The van der Waals surface area contributed by atoms with Gasteiger partial charge in [0.25, 0.3) is 5.91 Å². The molecule has 1 aliphatic heterocycles. The van der Waals surface area contributed by atoms with Gasteiger partial charge >= 0.3 is 0 Å². The summed E-state index contributed by atoms with van der Waals surface area (Å²) in [6.45, 7) is 2.55. The quantitative estimate of drug-likeness (QED) is 0.843. The van der Waals surface area contributed by atoms with Crippen molar-refractivity contribution in [1.29, 1.82) is 0 Å². The molecule has 2 heterocycles. The number of aromatic nitrogens is 1. The van der Waals surface area contributed by atoms with Crippen LogP contribution in [-0.2, 0) is 4.79 Å². The van der Waals surface area contributed by atoms with Gasteiger partial charge in [-0.25, -0.2) is 0 Å². The molecule has 2 amide bonds. The number of aliphatic hydroxyl groups is 1. The van der Waals surface area contributed by atoms with E-state index in [-0.39, 0.29) is 30.1 Å². The summed E-state index contributed by atoms with van der Waals surface area (Å²) in [5.74, 6) is 1.01. The number of likely N-dealkylation sites (tertiary alicyclic amines) is 1. The van der Waals surface area contributed by atoms with Crippen molar-refractivity contribution in [3.05, 3.63) is 17.5 Å². The fourth-order valence-corrected chi connectivity index (χ4v) is 3.83. The van der Waals surface area contributed by atoms with Crippen LogP contribution < -0.4 is 5.32 Å². The number of amides is 2. The Morgan fingerprint density at radius 2 is 2.12 bits per heavy atom. The van der Waals surface area contributed by atoms with E-state index in [1.54, 1.807) is 17.9 Å². The Morgan fingerprint density at radius 1 is 1.36 bits per heavy atom. The van der Waals surface area contributed by atoms with E-state index >= 15 is 0 Å². The molecular formula is C18H27N3O4. The molecule has 1 aromatic heterocycles. The first-order valence-corrected chi connectivity index (χ1v) is 9.23. The molecule has 0 unspecified atom stereocenters. The Labute approximate surface area is 147 Å². The monoisotopic (exact) mass is 349 g/mol. The number of rotatable bonds is 5. The van der Waals surface area contributed by atoms with Gasteiger partial charge < -0.3 is 19.8 Å². The molecule has 138 valence electrons. The molecule has 2 atom stereocenters. The minimum Gasteiger partial charge on any atom is -0.389 e. The van der Waals surface area contributed by atoms with Crippen molar-refractivity contribution in [3.8, 4) is 0 Å². The van der Waals surface area contributed by atoms with Crippen LogP contribution in [0.1, 0.15) is 61.2 Å². The summed E-state index contributed by atoms with van der Waals surface area (Å²) in [5.41, 5.74) is 0.208. The zero-order valence-electron chi connectivity index (χ0n) is 14.7. The molecule has 7 nitrogen and oxygen atoms in total. The summed E-state index contributed by atoms with van der Waals surface area (Å²) in [6.07, 6.45) is 6.35.